The minimum absolute atomic E-state index is 0.140. The lowest BCUT2D eigenvalue weighted by Crippen LogP contribution is -2.36. The highest BCUT2D eigenvalue weighted by atomic mass is 79.9. The van der Waals surface area contributed by atoms with Crippen LogP contribution in [0.3, 0.4) is 0 Å². The van der Waals surface area contributed by atoms with Crippen molar-refractivity contribution in [2.24, 2.45) is 0 Å². The summed E-state index contributed by atoms with van der Waals surface area (Å²) >= 11 is 4.88. The Morgan fingerprint density at radius 2 is 2.05 bits per heavy atom. The summed E-state index contributed by atoms with van der Waals surface area (Å²) in [7, 11) is -2.13. The average molecular weight is 368 g/mol. The van der Waals surface area contributed by atoms with Crippen molar-refractivity contribution in [2.45, 2.75) is 23.5 Å². The van der Waals surface area contributed by atoms with Gasteiger partial charge in [0.05, 0.1) is 7.11 Å². The van der Waals surface area contributed by atoms with E-state index in [0.29, 0.717) is 16.8 Å². The zero-order valence-electron chi connectivity index (χ0n) is 11.4. The molecular formula is C12H18BrNO3S2. The number of ether oxygens (including phenoxy) is 1. The number of sulfonamides is 1. The Bertz CT molecular complexity index is 544. The quantitative estimate of drug-likeness (QED) is 0.839. The fourth-order valence-corrected chi connectivity index (χ4v) is 3.50. The molecule has 1 rings (SSSR count). The lowest BCUT2D eigenvalue weighted by atomic mass is 10.2. The molecule has 0 aliphatic carbocycles. The van der Waals surface area contributed by atoms with Crippen LogP contribution in [0.1, 0.15) is 13.8 Å². The van der Waals surface area contributed by atoms with E-state index in [2.05, 4.69) is 20.7 Å². The molecule has 0 aliphatic rings. The smallest absolute Gasteiger partial charge is 0.244 e. The van der Waals surface area contributed by atoms with E-state index in [1.165, 1.54) is 13.2 Å². The first-order chi connectivity index (χ1) is 8.72. The SMILES string of the molecule is COc1ccc(Br)cc1S(=O)(=O)NCC(C)(C)SC. The molecule has 108 valence electrons. The highest BCUT2D eigenvalue weighted by molar-refractivity contribution is 9.10. The summed E-state index contributed by atoms with van der Waals surface area (Å²) in [5.74, 6) is 0.331. The van der Waals surface area contributed by atoms with Crippen LogP contribution in [0.5, 0.6) is 5.75 Å². The number of halogens is 1. The van der Waals surface area contributed by atoms with Crippen LogP contribution in [0.2, 0.25) is 0 Å². The first-order valence-electron chi connectivity index (χ1n) is 5.60. The second-order valence-electron chi connectivity index (χ2n) is 4.58. The summed E-state index contributed by atoms with van der Waals surface area (Å²) in [4.78, 5) is 0.140. The fourth-order valence-electron chi connectivity index (χ4n) is 1.28. The van der Waals surface area contributed by atoms with Crippen LogP contribution >= 0.6 is 27.7 Å². The van der Waals surface area contributed by atoms with Crippen molar-refractivity contribution in [1.29, 1.82) is 0 Å². The normalized spacial score (nSPS) is 12.5. The molecule has 1 aromatic carbocycles. The van der Waals surface area contributed by atoms with E-state index in [1.807, 2.05) is 20.1 Å². The number of methoxy groups -OCH3 is 1. The van der Waals surface area contributed by atoms with Gasteiger partial charge in [-0.1, -0.05) is 15.9 Å². The van der Waals surface area contributed by atoms with Gasteiger partial charge in [0.25, 0.3) is 0 Å². The van der Waals surface area contributed by atoms with Crippen LogP contribution in [0.15, 0.2) is 27.6 Å². The van der Waals surface area contributed by atoms with E-state index >= 15 is 0 Å². The van der Waals surface area contributed by atoms with Gasteiger partial charge in [-0.25, -0.2) is 13.1 Å². The molecule has 0 radical (unpaired) electrons. The molecule has 4 nitrogen and oxygen atoms in total. The van der Waals surface area contributed by atoms with E-state index in [9.17, 15) is 8.42 Å². The molecule has 0 bridgehead atoms. The molecule has 0 saturated heterocycles. The van der Waals surface area contributed by atoms with E-state index in [1.54, 1.807) is 23.9 Å². The largest absolute Gasteiger partial charge is 0.495 e. The van der Waals surface area contributed by atoms with E-state index < -0.39 is 10.0 Å². The standard InChI is InChI=1S/C12H18BrNO3S2/c1-12(2,18-4)8-14-19(15,16)11-7-9(13)5-6-10(11)17-3/h5-7,14H,8H2,1-4H3. The van der Waals surface area contributed by atoms with Gasteiger partial charge in [-0.3, -0.25) is 0 Å². The molecule has 0 fully saturated rings. The highest BCUT2D eigenvalue weighted by Crippen LogP contribution is 2.28. The lowest BCUT2D eigenvalue weighted by Gasteiger charge is -2.22. The Kier molecular flexibility index (Phi) is 5.73. The average Bonchev–Trinajstić information content (AvgIpc) is 2.37. The number of benzene rings is 1. The molecule has 0 atom stereocenters. The number of hydrogen-bond donors (Lipinski definition) is 1. The van der Waals surface area contributed by atoms with Gasteiger partial charge in [-0.05, 0) is 38.3 Å². The zero-order chi connectivity index (χ0) is 14.7. The molecule has 0 saturated carbocycles. The molecule has 1 N–H and O–H groups in total. The van der Waals surface area contributed by atoms with Crippen LogP contribution in [0.4, 0.5) is 0 Å². The van der Waals surface area contributed by atoms with E-state index in [-0.39, 0.29) is 9.64 Å². The summed E-state index contributed by atoms with van der Waals surface area (Å²) < 4.78 is 32.9. The van der Waals surface area contributed by atoms with E-state index in [0.717, 1.165) is 0 Å². The van der Waals surface area contributed by atoms with Crippen LogP contribution in [0.25, 0.3) is 0 Å². The molecule has 7 heteroatoms. The molecule has 0 unspecified atom stereocenters. The number of rotatable bonds is 6. The number of thioether (sulfide) groups is 1. The molecule has 1 aromatic rings. The third kappa shape index (κ3) is 4.66. The first kappa shape index (κ1) is 16.8. The van der Waals surface area contributed by atoms with Crippen molar-refractivity contribution < 1.29 is 13.2 Å². The lowest BCUT2D eigenvalue weighted by molar-refractivity contribution is 0.402. The maximum absolute atomic E-state index is 12.3. The van der Waals surface area contributed by atoms with Gasteiger partial charge < -0.3 is 4.74 Å². The third-order valence-corrected chi connectivity index (χ3v) is 5.82. The van der Waals surface area contributed by atoms with Gasteiger partial charge in [-0.2, -0.15) is 11.8 Å². The van der Waals surface area contributed by atoms with Gasteiger partial charge >= 0.3 is 0 Å². The second-order valence-corrected chi connectivity index (χ2v) is 8.75. The third-order valence-electron chi connectivity index (χ3n) is 2.66. The highest BCUT2D eigenvalue weighted by Gasteiger charge is 2.24. The Hall–Kier alpha value is -0.240. The summed E-state index contributed by atoms with van der Waals surface area (Å²) in [6.45, 7) is 4.32. The van der Waals surface area contributed by atoms with Gasteiger partial charge in [-0.15, -0.1) is 0 Å². The molecular weight excluding hydrogens is 350 g/mol. The Morgan fingerprint density at radius 3 is 2.58 bits per heavy atom. The van der Waals surface area contributed by atoms with Crippen molar-refractivity contribution in [2.75, 3.05) is 19.9 Å². The molecule has 0 spiro atoms. The second kappa shape index (κ2) is 6.47. The van der Waals surface area contributed by atoms with Gasteiger partial charge in [0.2, 0.25) is 10.0 Å². The molecule has 19 heavy (non-hydrogen) atoms. The first-order valence-corrected chi connectivity index (χ1v) is 9.10. The van der Waals surface area contributed by atoms with Crippen molar-refractivity contribution >= 4 is 37.7 Å². The maximum Gasteiger partial charge on any atom is 0.244 e. The van der Waals surface area contributed by atoms with Crippen molar-refractivity contribution in [3.05, 3.63) is 22.7 Å². The number of nitrogens with one attached hydrogen (secondary N) is 1. The summed E-state index contributed by atoms with van der Waals surface area (Å²) in [5.41, 5.74) is 0. The number of hydrogen-bond acceptors (Lipinski definition) is 4. The summed E-state index contributed by atoms with van der Waals surface area (Å²) in [6, 6.07) is 4.90. The Labute approximate surface area is 127 Å². The topological polar surface area (TPSA) is 55.4 Å². The Balaban J connectivity index is 3.04. The maximum atomic E-state index is 12.3. The molecule has 0 amide bonds. The monoisotopic (exact) mass is 367 g/mol. The molecule has 0 heterocycles. The van der Waals surface area contributed by atoms with Gasteiger partial charge in [0.15, 0.2) is 0 Å². The van der Waals surface area contributed by atoms with Crippen molar-refractivity contribution in [3.63, 3.8) is 0 Å². The predicted octanol–water partition coefficient (Wildman–Crippen LogP) is 2.88. The van der Waals surface area contributed by atoms with Crippen molar-refractivity contribution in [3.8, 4) is 5.75 Å². The van der Waals surface area contributed by atoms with E-state index in [4.69, 9.17) is 4.74 Å². The van der Waals surface area contributed by atoms with Crippen molar-refractivity contribution in [1.82, 2.24) is 4.72 Å². The minimum atomic E-state index is -3.59. The predicted molar refractivity (Wildman–Crippen MR) is 83.5 cm³/mol. The van der Waals surface area contributed by atoms with Gasteiger partial charge in [0, 0.05) is 15.8 Å². The minimum Gasteiger partial charge on any atom is -0.495 e. The zero-order valence-corrected chi connectivity index (χ0v) is 14.6. The summed E-state index contributed by atoms with van der Waals surface area (Å²) in [5, 5.41) is 0. The van der Waals surface area contributed by atoms with Crippen LogP contribution < -0.4 is 9.46 Å². The van der Waals surface area contributed by atoms with Gasteiger partial charge in [0.1, 0.15) is 10.6 Å². The Morgan fingerprint density at radius 1 is 1.42 bits per heavy atom. The van der Waals surface area contributed by atoms with Crippen LogP contribution in [-0.2, 0) is 10.0 Å². The van der Waals surface area contributed by atoms with Crippen LogP contribution in [0, 0.1) is 0 Å². The fraction of sp³-hybridized carbons (Fsp3) is 0.500. The molecule has 0 aliphatic heterocycles. The van der Waals surface area contributed by atoms with Crippen LogP contribution in [-0.4, -0.2) is 33.1 Å². The summed E-state index contributed by atoms with van der Waals surface area (Å²) in [6.07, 6.45) is 1.95. The molecule has 0 aromatic heterocycles.